The van der Waals surface area contributed by atoms with Gasteiger partial charge in [-0.05, 0) is 24.6 Å². The number of carbonyl (C=O) groups is 1. The van der Waals surface area contributed by atoms with Crippen molar-refractivity contribution < 1.29 is 4.79 Å². The molecule has 0 saturated carbocycles. The summed E-state index contributed by atoms with van der Waals surface area (Å²) in [7, 11) is 0. The molecular formula is C14H16N2O. The molecule has 1 aromatic heterocycles. The van der Waals surface area contributed by atoms with Gasteiger partial charge in [0.1, 0.15) is 5.82 Å². The lowest BCUT2D eigenvalue weighted by molar-refractivity contribution is -0.114. The number of ketones is 1. The molecule has 0 unspecified atom stereocenters. The van der Waals surface area contributed by atoms with Crippen molar-refractivity contribution in [3.05, 3.63) is 60.3 Å². The molecule has 0 aromatic carbocycles. The van der Waals surface area contributed by atoms with Crippen LogP contribution in [0.3, 0.4) is 0 Å². The van der Waals surface area contributed by atoms with E-state index in [1.807, 2.05) is 13.0 Å². The molecule has 0 spiro atoms. The second-order valence-corrected chi connectivity index (χ2v) is 3.55. The summed E-state index contributed by atoms with van der Waals surface area (Å²) in [6.07, 6.45) is 8.82. The van der Waals surface area contributed by atoms with Crippen LogP contribution < -0.4 is 5.73 Å². The smallest absolute Gasteiger partial charge is 0.167 e. The van der Waals surface area contributed by atoms with Crippen LogP contribution in [0.4, 0.5) is 5.82 Å². The van der Waals surface area contributed by atoms with E-state index in [1.54, 1.807) is 36.6 Å². The average Bonchev–Trinajstić information content (AvgIpc) is 2.28. The highest BCUT2D eigenvalue weighted by Gasteiger charge is 2.07. The molecule has 0 saturated heterocycles. The average molecular weight is 228 g/mol. The number of nitrogens with two attached hydrogens (primary N) is 1. The van der Waals surface area contributed by atoms with Crippen LogP contribution in [0.2, 0.25) is 0 Å². The number of aromatic nitrogens is 1. The topological polar surface area (TPSA) is 56.0 Å². The van der Waals surface area contributed by atoms with Crippen molar-refractivity contribution in [1.82, 2.24) is 4.98 Å². The second kappa shape index (κ2) is 6.43. The Morgan fingerprint density at radius 2 is 2.35 bits per heavy atom. The normalized spacial score (nSPS) is 11.7. The van der Waals surface area contributed by atoms with Gasteiger partial charge in [0.05, 0.1) is 0 Å². The Hall–Kier alpha value is -2.16. The van der Waals surface area contributed by atoms with Gasteiger partial charge in [-0.3, -0.25) is 4.79 Å². The number of hydrogen-bond donors (Lipinski definition) is 1. The number of carbonyl (C=O) groups excluding carboxylic acids is 1. The van der Waals surface area contributed by atoms with Crippen molar-refractivity contribution in [1.29, 1.82) is 0 Å². The fourth-order valence-corrected chi connectivity index (χ4v) is 1.44. The minimum absolute atomic E-state index is 0.0357. The number of allylic oxidation sites excluding steroid dienone is 5. The van der Waals surface area contributed by atoms with E-state index in [1.165, 1.54) is 0 Å². The third kappa shape index (κ3) is 4.07. The van der Waals surface area contributed by atoms with Crippen LogP contribution in [0, 0.1) is 0 Å². The Labute approximate surface area is 101 Å². The number of anilines is 1. The molecule has 0 aliphatic carbocycles. The monoisotopic (exact) mass is 228 g/mol. The molecule has 0 radical (unpaired) electrons. The van der Waals surface area contributed by atoms with E-state index in [-0.39, 0.29) is 5.78 Å². The van der Waals surface area contributed by atoms with E-state index in [4.69, 9.17) is 5.73 Å². The zero-order valence-corrected chi connectivity index (χ0v) is 9.89. The van der Waals surface area contributed by atoms with Crippen LogP contribution in [0.1, 0.15) is 12.5 Å². The molecule has 17 heavy (non-hydrogen) atoms. The first-order valence-corrected chi connectivity index (χ1v) is 5.36. The Kier molecular flexibility index (Phi) is 4.88. The summed E-state index contributed by atoms with van der Waals surface area (Å²) in [5, 5.41) is 0. The van der Waals surface area contributed by atoms with Crippen molar-refractivity contribution in [3.63, 3.8) is 0 Å². The highest BCUT2D eigenvalue weighted by Crippen LogP contribution is 2.09. The summed E-state index contributed by atoms with van der Waals surface area (Å²) in [6.45, 7) is 5.46. The van der Waals surface area contributed by atoms with E-state index < -0.39 is 0 Å². The fraction of sp³-hybridized carbons (Fsp3) is 0.143. The molecular weight excluding hydrogens is 212 g/mol. The number of Topliss-reactive ketones (excluding diaryl/α,β-unsaturated/α-hetero) is 1. The largest absolute Gasteiger partial charge is 0.384 e. The first-order chi connectivity index (χ1) is 8.17. The van der Waals surface area contributed by atoms with Crippen LogP contribution in [0.5, 0.6) is 0 Å². The summed E-state index contributed by atoms with van der Waals surface area (Å²) >= 11 is 0. The Balaban J connectivity index is 2.84. The van der Waals surface area contributed by atoms with Gasteiger partial charge in [-0.2, -0.15) is 0 Å². The molecule has 0 bridgehead atoms. The standard InChI is InChI=1S/C14H16N2O/c1-3-5-12(6-4-2)13(17)9-11-7-8-16-14(15)10-11/h3-8,10H,1,9H2,2H3,(H2,15,16)/b6-4-,12-5+. The van der Waals surface area contributed by atoms with Crippen molar-refractivity contribution in [2.24, 2.45) is 0 Å². The molecule has 1 rings (SSSR count). The minimum Gasteiger partial charge on any atom is -0.384 e. The van der Waals surface area contributed by atoms with Crippen molar-refractivity contribution in [2.45, 2.75) is 13.3 Å². The second-order valence-electron chi connectivity index (χ2n) is 3.55. The van der Waals surface area contributed by atoms with Crippen molar-refractivity contribution >= 4 is 11.6 Å². The van der Waals surface area contributed by atoms with Crippen LogP contribution in [0.15, 0.2) is 54.8 Å². The minimum atomic E-state index is 0.0357. The Morgan fingerprint density at radius 1 is 1.59 bits per heavy atom. The maximum Gasteiger partial charge on any atom is 0.167 e. The predicted octanol–water partition coefficient (Wildman–Crippen LogP) is 2.46. The van der Waals surface area contributed by atoms with Gasteiger partial charge in [-0.25, -0.2) is 4.98 Å². The van der Waals surface area contributed by atoms with Crippen LogP contribution >= 0.6 is 0 Å². The SMILES string of the molecule is C=C/C=C(\C=C/C)C(=O)Cc1ccnc(N)c1. The molecule has 88 valence electrons. The molecule has 0 atom stereocenters. The number of rotatable bonds is 5. The molecule has 0 fully saturated rings. The van der Waals surface area contributed by atoms with Crippen LogP contribution in [0.25, 0.3) is 0 Å². The van der Waals surface area contributed by atoms with Crippen LogP contribution in [-0.2, 0) is 11.2 Å². The van der Waals surface area contributed by atoms with Gasteiger partial charge < -0.3 is 5.73 Å². The summed E-state index contributed by atoms with van der Waals surface area (Å²) in [6, 6.07) is 3.49. The van der Waals surface area contributed by atoms with Gasteiger partial charge >= 0.3 is 0 Å². The number of nitrogen functional groups attached to an aromatic ring is 1. The lowest BCUT2D eigenvalue weighted by atomic mass is 10.0. The summed E-state index contributed by atoms with van der Waals surface area (Å²) in [4.78, 5) is 15.9. The summed E-state index contributed by atoms with van der Waals surface area (Å²) in [5.74, 6) is 0.462. The zero-order chi connectivity index (χ0) is 12.7. The van der Waals surface area contributed by atoms with E-state index in [2.05, 4.69) is 11.6 Å². The number of pyridine rings is 1. The first kappa shape index (κ1) is 12.9. The number of nitrogens with zero attached hydrogens (tertiary/aromatic N) is 1. The lowest BCUT2D eigenvalue weighted by Gasteiger charge is -2.02. The quantitative estimate of drug-likeness (QED) is 0.622. The van der Waals surface area contributed by atoms with Gasteiger partial charge in [0.15, 0.2) is 5.78 Å². The third-order valence-electron chi connectivity index (χ3n) is 2.18. The predicted molar refractivity (Wildman–Crippen MR) is 70.5 cm³/mol. The summed E-state index contributed by atoms with van der Waals surface area (Å²) < 4.78 is 0. The molecule has 1 aromatic rings. The third-order valence-corrected chi connectivity index (χ3v) is 2.18. The van der Waals surface area contributed by atoms with Gasteiger partial charge in [0.2, 0.25) is 0 Å². The molecule has 0 amide bonds. The maximum atomic E-state index is 12.0. The van der Waals surface area contributed by atoms with E-state index in [0.29, 0.717) is 17.8 Å². The van der Waals surface area contributed by atoms with Gasteiger partial charge in [-0.1, -0.05) is 30.9 Å². The Bertz CT molecular complexity index is 473. The molecule has 1 heterocycles. The molecule has 2 N–H and O–H groups in total. The zero-order valence-electron chi connectivity index (χ0n) is 9.89. The fourth-order valence-electron chi connectivity index (χ4n) is 1.44. The van der Waals surface area contributed by atoms with Crippen molar-refractivity contribution in [2.75, 3.05) is 5.73 Å². The van der Waals surface area contributed by atoms with E-state index in [9.17, 15) is 4.79 Å². The number of hydrogen-bond acceptors (Lipinski definition) is 3. The van der Waals surface area contributed by atoms with Gasteiger partial charge in [0.25, 0.3) is 0 Å². The molecule has 0 aliphatic rings. The van der Waals surface area contributed by atoms with E-state index >= 15 is 0 Å². The molecule has 3 nitrogen and oxygen atoms in total. The van der Waals surface area contributed by atoms with Crippen molar-refractivity contribution in [3.8, 4) is 0 Å². The van der Waals surface area contributed by atoms with E-state index in [0.717, 1.165) is 5.56 Å². The lowest BCUT2D eigenvalue weighted by Crippen LogP contribution is -2.05. The van der Waals surface area contributed by atoms with Crippen LogP contribution in [-0.4, -0.2) is 10.8 Å². The maximum absolute atomic E-state index is 12.0. The van der Waals surface area contributed by atoms with Gasteiger partial charge in [-0.15, -0.1) is 0 Å². The highest BCUT2D eigenvalue weighted by atomic mass is 16.1. The Morgan fingerprint density at radius 3 is 2.94 bits per heavy atom. The molecule has 0 aliphatic heterocycles. The first-order valence-electron chi connectivity index (χ1n) is 5.36. The highest BCUT2D eigenvalue weighted by molar-refractivity contribution is 5.99. The van der Waals surface area contributed by atoms with Gasteiger partial charge in [0, 0.05) is 18.2 Å². The summed E-state index contributed by atoms with van der Waals surface area (Å²) in [5.41, 5.74) is 7.06. The molecule has 3 heteroatoms.